The molecule has 0 aliphatic heterocycles. The van der Waals surface area contributed by atoms with E-state index in [9.17, 15) is 9.18 Å². The van der Waals surface area contributed by atoms with E-state index < -0.39 is 11.6 Å². The third-order valence-electron chi connectivity index (χ3n) is 2.98. The summed E-state index contributed by atoms with van der Waals surface area (Å²) in [5.41, 5.74) is 0.112. The highest BCUT2D eigenvalue weighted by Crippen LogP contribution is 2.31. The highest BCUT2D eigenvalue weighted by molar-refractivity contribution is 6.39. The first-order valence-electron chi connectivity index (χ1n) is 6.00. The molecule has 20 heavy (non-hydrogen) atoms. The van der Waals surface area contributed by atoms with E-state index in [1.807, 2.05) is 0 Å². The summed E-state index contributed by atoms with van der Waals surface area (Å²) in [6, 6.07) is 3.08. The second-order valence-corrected chi connectivity index (χ2v) is 5.37. The molecule has 2 rings (SSSR count). The van der Waals surface area contributed by atoms with Crippen molar-refractivity contribution >= 4 is 29.0 Å². The molecule has 0 saturated heterocycles. The van der Waals surface area contributed by atoms with E-state index in [0.717, 1.165) is 18.9 Å². The van der Waals surface area contributed by atoms with Crippen molar-refractivity contribution in [3.05, 3.63) is 44.8 Å². The molecule has 0 aromatic heterocycles. The molecule has 0 radical (unpaired) electrons. The minimum Gasteiger partial charge on any atom is -0.388 e. The van der Waals surface area contributed by atoms with Crippen molar-refractivity contribution in [2.24, 2.45) is 0 Å². The zero-order chi connectivity index (χ0) is 14.9. The van der Waals surface area contributed by atoms with E-state index in [1.54, 1.807) is 19.2 Å². The molecule has 1 aliphatic carbocycles. The normalized spacial score (nSPS) is 14.8. The molecule has 0 bridgehead atoms. The van der Waals surface area contributed by atoms with Crippen LogP contribution in [-0.4, -0.2) is 11.8 Å². The van der Waals surface area contributed by atoms with Crippen LogP contribution in [0.15, 0.2) is 17.8 Å². The molecule has 0 amide bonds. The summed E-state index contributed by atoms with van der Waals surface area (Å²) in [4.78, 5) is 12.2. The fraction of sp³-hybridized carbons (Fsp3) is 0.286. The van der Waals surface area contributed by atoms with Crippen molar-refractivity contribution in [1.82, 2.24) is 5.32 Å². The van der Waals surface area contributed by atoms with Crippen LogP contribution in [0.1, 0.15) is 35.7 Å². The number of hydrogen-bond acceptors (Lipinski definition) is 3. The lowest BCUT2D eigenvalue weighted by atomic mass is 10.0. The van der Waals surface area contributed by atoms with Gasteiger partial charge in [-0.2, -0.15) is 5.26 Å². The van der Waals surface area contributed by atoms with Crippen molar-refractivity contribution in [2.45, 2.75) is 25.8 Å². The average molecular weight is 313 g/mol. The number of nitrogens with zero attached hydrogens (tertiary/aromatic N) is 1. The summed E-state index contributed by atoms with van der Waals surface area (Å²) in [5.74, 6) is -1.27. The smallest absolute Gasteiger partial charge is 0.191 e. The highest BCUT2D eigenvalue weighted by atomic mass is 35.5. The fourth-order valence-electron chi connectivity index (χ4n) is 1.64. The first-order valence-corrected chi connectivity index (χ1v) is 6.76. The molecule has 6 heteroatoms. The summed E-state index contributed by atoms with van der Waals surface area (Å²) < 4.78 is 13.6. The van der Waals surface area contributed by atoms with Gasteiger partial charge in [0.15, 0.2) is 5.78 Å². The Balaban J connectivity index is 2.36. The SMILES string of the molecule is CC(=CNC1CC1)C(=O)c1cc(F)c(Cl)c(C#N)c1Cl. The van der Waals surface area contributed by atoms with Gasteiger partial charge in [0.05, 0.1) is 15.6 Å². The molecule has 3 nitrogen and oxygen atoms in total. The lowest BCUT2D eigenvalue weighted by Crippen LogP contribution is -2.12. The largest absolute Gasteiger partial charge is 0.388 e. The summed E-state index contributed by atoms with van der Waals surface area (Å²) in [7, 11) is 0. The van der Waals surface area contributed by atoms with E-state index in [-0.39, 0.29) is 21.2 Å². The molecular formula is C14H11Cl2FN2O. The number of ketones is 1. The molecule has 1 aromatic carbocycles. The van der Waals surface area contributed by atoms with Crippen LogP contribution in [0.25, 0.3) is 0 Å². The molecule has 0 spiro atoms. The van der Waals surface area contributed by atoms with Gasteiger partial charge in [0.25, 0.3) is 0 Å². The van der Waals surface area contributed by atoms with Gasteiger partial charge in [-0.3, -0.25) is 4.79 Å². The van der Waals surface area contributed by atoms with Gasteiger partial charge in [-0.05, 0) is 25.8 Å². The Morgan fingerprint density at radius 3 is 2.70 bits per heavy atom. The lowest BCUT2D eigenvalue weighted by Gasteiger charge is -2.08. The number of nitriles is 1. The molecule has 1 fully saturated rings. The number of allylic oxidation sites excluding steroid dienone is 1. The average Bonchev–Trinajstić information content (AvgIpc) is 3.24. The minimum atomic E-state index is -0.834. The maximum atomic E-state index is 13.6. The van der Waals surface area contributed by atoms with Crippen LogP contribution in [0, 0.1) is 17.1 Å². The van der Waals surface area contributed by atoms with Crippen molar-refractivity contribution in [2.75, 3.05) is 0 Å². The van der Waals surface area contributed by atoms with Crippen LogP contribution in [0.4, 0.5) is 4.39 Å². The van der Waals surface area contributed by atoms with E-state index in [2.05, 4.69) is 5.32 Å². The quantitative estimate of drug-likeness (QED) is 0.522. The molecule has 104 valence electrons. The van der Waals surface area contributed by atoms with Gasteiger partial charge in [0.2, 0.25) is 0 Å². The second-order valence-electron chi connectivity index (χ2n) is 4.62. The molecular weight excluding hydrogens is 302 g/mol. The standard InChI is InChI=1S/C14H11Cl2FN2O/c1-7(6-19-8-2-3-8)14(20)9-4-11(17)13(16)10(5-18)12(9)15/h4,6,8,19H,2-3H2,1H3. The fourth-order valence-corrected chi connectivity index (χ4v) is 2.15. The number of benzene rings is 1. The second kappa shape index (κ2) is 5.82. The van der Waals surface area contributed by atoms with Gasteiger partial charge in [-0.25, -0.2) is 4.39 Å². The van der Waals surface area contributed by atoms with Crippen LogP contribution < -0.4 is 5.32 Å². The van der Waals surface area contributed by atoms with Crippen LogP contribution in [-0.2, 0) is 0 Å². The van der Waals surface area contributed by atoms with E-state index in [1.165, 1.54) is 0 Å². The predicted molar refractivity (Wildman–Crippen MR) is 75.4 cm³/mol. The van der Waals surface area contributed by atoms with Crippen LogP contribution in [0.2, 0.25) is 10.0 Å². The Kier molecular flexibility index (Phi) is 4.32. The van der Waals surface area contributed by atoms with Crippen molar-refractivity contribution in [1.29, 1.82) is 5.26 Å². The van der Waals surface area contributed by atoms with Gasteiger partial charge >= 0.3 is 0 Å². The monoisotopic (exact) mass is 312 g/mol. The third kappa shape index (κ3) is 2.95. The van der Waals surface area contributed by atoms with E-state index >= 15 is 0 Å². The van der Waals surface area contributed by atoms with Gasteiger partial charge in [0.1, 0.15) is 11.9 Å². The van der Waals surface area contributed by atoms with Gasteiger partial charge < -0.3 is 5.32 Å². The molecule has 1 N–H and O–H groups in total. The molecule has 1 aromatic rings. The number of hydrogen-bond donors (Lipinski definition) is 1. The summed E-state index contributed by atoms with van der Waals surface area (Å²) in [5, 5.41) is 11.5. The van der Waals surface area contributed by atoms with Crippen molar-refractivity contribution in [3.63, 3.8) is 0 Å². The summed E-state index contributed by atoms with van der Waals surface area (Å²) >= 11 is 11.6. The Labute approximate surface area is 126 Å². The molecule has 1 aliphatic rings. The Hall–Kier alpha value is -1.57. The predicted octanol–water partition coefficient (Wildman–Crippen LogP) is 3.84. The van der Waals surface area contributed by atoms with Crippen LogP contribution in [0.3, 0.4) is 0 Å². The Morgan fingerprint density at radius 2 is 2.15 bits per heavy atom. The van der Waals surface area contributed by atoms with E-state index in [4.69, 9.17) is 28.5 Å². The summed E-state index contributed by atoms with van der Waals surface area (Å²) in [6.45, 7) is 1.60. The number of Topliss-reactive ketones (excluding diaryl/α,β-unsaturated/α-hetero) is 1. The van der Waals surface area contributed by atoms with Gasteiger partial charge in [-0.1, -0.05) is 23.2 Å². The number of carbonyl (C=O) groups excluding carboxylic acids is 1. The number of carbonyl (C=O) groups is 1. The van der Waals surface area contributed by atoms with Crippen LogP contribution in [0.5, 0.6) is 0 Å². The van der Waals surface area contributed by atoms with Gasteiger partial charge in [0, 0.05) is 23.4 Å². The summed E-state index contributed by atoms with van der Waals surface area (Å²) in [6.07, 6.45) is 3.74. The molecule has 0 unspecified atom stereocenters. The maximum Gasteiger partial charge on any atom is 0.191 e. The lowest BCUT2D eigenvalue weighted by molar-refractivity contribution is 0.103. The third-order valence-corrected chi connectivity index (χ3v) is 3.75. The number of nitrogens with one attached hydrogen (secondary N) is 1. The minimum absolute atomic E-state index is 0.0588. The van der Waals surface area contributed by atoms with Crippen LogP contribution >= 0.6 is 23.2 Å². The first kappa shape index (κ1) is 14.8. The molecule has 0 heterocycles. The molecule has 0 atom stereocenters. The number of halogens is 3. The Bertz CT molecular complexity index is 646. The van der Waals surface area contributed by atoms with E-state index in [0.29, 0.717) is 11.6 Å². The number of rotatable bonds is 4. The Morgan fingerprint density at radius 1 is 1.50 bits per heavy atom. The maximum absolute atomic E-state index is 13.6. The zero-order valence-electron chi connectivity index (χ0n) is 10.6. The topological polar surface area (TPSA) is 52.9 Å². The first-order chi connectivity index (χ1) is 9.45. The van der Waals surface area contributed by atoms with Gasteiger partial charge in [-0.15, -0.1) is 0 Å². The zero-order valence-corrected chi connectivity index (χ0v) is 12.1. The highest BCUT2D eigenvalue weighted by Gasteiger charge is 2.22. The van der Waals surface area contributed by atoms with Crippen molar-refractivity contribution < 1.29 is 9.18 Å². The molecule has 1 saturated carbocycles. The van der Waals surface area contributed by atoms with Crippen molar-refractivity contribution in [3.8, 4) is 6.07 Å².